The van der Waals surface area contributed by atoms with Crippen LogP contribution in [-0.4, -0.2) is 86.1 Å². The Morgan fingerprint density at radius 1 is 0.848 bits per heavy atom. The lowest BCUT2D eigenvalue weighted by Gasteiger charge is -2.71. The number of hydrogen-bond acceptors (Lipinski definition) is 10. The van der Waals surface area contributed by atoms with E-state index in [-0.39, 0.29) is 33.0 Å². The van der Waals surface area contributed by atoms with Crippen LogP contribution in [0.15, 0.2) is 11.6 Å². The second-order valence-electron chi connectivity index (χ2n) is 18.1. The van der Waals surface area contributed by atoms with Crippen LogP contribution < -0.4 is 0 Å². The maximum atomic E-state index is 14.1. The van der Waals surface area contributed by atoms with Crippen LogP contribution in [0.4, 0.5) is 0 Å². The van der Waals surface area contributed by atoms with E-state index in [2.05, 4.69) is 54.5 Å². The summed E-state index contributed by atoms with van der Waals surface area (Å²) in [5, 5.41) is 62.1. The highest BCUT2D eigenvalue weighted by Gasteiger charge is 2.70. The second kappa shape index (κ2) is 11.2. The molecule has 10 nitrogen and oxygen atoms in total. The molecule has 4 saturated carbocycles. The van der Waals surface area contributed by atoms with Crippen molar-refractivity contribution in [1.82, 2.24) is 0 Å². The van der Waals surface area contributed by atoms with E-state index in [1.165, 1.54) is 5.57 Å². The lowest BCUT2D eigenvalue weighted by molar-refractivity contribution is -0.333. The molecule has 0 amide bonds. The zero-order valence-corrected chi connectivity index (χ0v) is 28.7. The Balaban J connectivity index is 1.28. The summed E-state index contributed by atoms with van der Waals surface area (Å²) < 4.78 is 5.20. The molecule has 1 heterocycles. The highest BCUT2D eigenvalue weighted by molar-refractivity contribution is 5.78. The van der Waals surface area contributed by atoms with Crippen molar-refractivity contribution in [1.29, 1.82) is 0 Å². The predicted molar refractivity (Wildman–Crippen MR) is 167 cm³/mol. The third kappa shape index (κ3) is 4.83. The van der Waals surface area contributed by atoms with E-state index in [1.807, 2.05) is 0 Å². The first-order chi connectivity index (χ1) is 21.2. The van der Waals surface area contributed by atoms with Crippen molar-refractivity contribution < 1.29 is 49.9 Å². The van der Waals surface area contributed by atoms with Gasteiger partial charge in [0.05, 0.1) is 17.6 Å². The second-order valence-corrected chi connectivity index (χ2v) is 18.1. The van der Waals surface area contributed by atoms with Gasteiger partial charge in [-0.25, -0.2) is 4.79 Å². The van der Waals surface area contributed by atoms with E-state index in [9.17, 15) is 35.4 Å². The summed E-state index contributed by atoms with van der Waals surface area (Å²) in [6, 6.07) is 0. The fourth-order valence-corrected chi connectivity index (χ4v) is 12.1. The molecule has 262 valence electrons. The smallest absolute Gasteiger partial charge is 0.349 e. The third-order valence-electron chi connectivity index (χ3n) is 15.0. The molecule has 10 heteroatoms. The topological polar surface area (TPSA) is 166 Å². The number of rotatable bonds is 4. The van der Waals surface area contributed by atoms with Crippen molar-refractivity contribution in [2.45, 2.75) is 149 Å². The Morgan fingerprint density at radius 2 is 1.52 bits per heavy atom. The third-order valence-corrected chi connectivity index (χ3v) is 15.0. The molecule has 0 spiro atoms. The van der Waals surface area contributed by atoms with Gasteiger partial charge in [0.15, 0.2) is 6.29 Å². The molecular weight excluding hydrogens is 592 g/mol. The molecule has 5 aliphatic carbocycles. The van der Waals surface area contributed by atoms with E-state index in [1.54, 1.807) is 0 Å². The van der Waals surface area contributed by atoms with Crippen LogP contribution in [0.25, 0.3) is 0 Å². The monoisotopic (exact) mass is 650 g/mol. The van der Waals surface area contributed by atoms with Gasteiger partial charge >= 0.3 is 5.97 Å². The summed E-state index contributed by atoms with van der Waals surface area (Å²) in [5.41, 5.74) is -0.0787. The van der Waals surface area contributed by atoms with Crippen LogP contribution in [0.3, 0.4) is 0 Å². The van der Waals surface area contributed by atoms with Crippen molar-refractivity contribution >= 4 is 5.97 Å². The molecule has 6 rings (SSSR count). The van der Waals surface area contributed by atoms with E-state index in [0.717, 1.165) is 38.5 Å². The SMILES string of the molecule is CC1(C)CC[C@@]2(C(=O)OOC[C@H]3O[C@@H](O)[C@H](O)[C@@H](O)[C@@H]3O)CC[C@]3(C)C(=CC[C@@H]4[C@]5(C)C[C@@H](O)[C@H](O)C(C)(C)[C@H]5CC[C@@]43C)[C@@H]2C1. The largest absolute Gasteiger partial charge is 0.390 e. The Bertz CT molecular complexity index is 1230. The maximum Gasteiger partial charge on any atom is 0.349 e. The normalized spacial score (nSPS) is 52.7. The fourth-order valence-electron chi connectivity index (χ4n) is 12.1. The van der Waals surface area contributed by atoms with Gasteiger partial charge in [-0.1, -0.05) is 60.1 Å². The average molecular weight is 651 g/mol. The number of carbonyl (C=O) groups excluding carboxylic acids is 1. The summed E-state index contributed by atoms with van der Waals surface area (Å²) in [6.45, 7) is 15.6. The van der Waals surface area contributed by atoms with Crippen molar-refractivity contribution in [3.05, 3.63) is 11.6 Å². The molecule has 5 fully saturated rings. The van der Waals surface area contributed by atoms with Gasteiger partial charge in [0.1, 0.15) is 31.0 Å². The van der Waals surface area contributed by atoms with Crippen molar-refractivity contribution in [3.8, 4) is 0 Å². The highest BCUT2D eigenvalue weighted by atomic mass is 17.2. The van der Waals surface area contributed by atoms with Crippen LogP contribution in [0.5, 0.6) is 0 Å². The van der Waals surface area contributed by atoms with Crippen LogP contribution in [0.1, 0.15) is 106 Å². The van der Waals surface area contributed by atoms with Gasteiger partial charge in [-0.3, -0.25) is 4.89 Å². The molecule has 0 unspecified atom stereocenters. The molecule has 0 radical (unpaired) electrons. The van der Waals surface area contributed by atoms with E-state index >= 15 is 0 Å². The number of carbonyl (C=O) groups is 1. The van der Waals surface area contributed by atoms with Crippen LogP contribution in [0.2, 0.25) is 0 Å². The van der Waals surface area contributed by atoms with Gasteiger partial charge in [0, 0.05) is 0 Å². The van der Waals surface area contributed by atoms with Crippen LogP contribution in [-0.2, 0) is 19.3 Å². The molecule has 46 heavy (non-hydrogen) atoms. The Hall–Kier alpha value is -1.11. The van der Waals surface area contributed by atoms with Gasteiger partial charge in [-0.2, -0.15) is 4.89 Å². The molecule has 6 N–H and O–H groups in total. The summed E-state index contributed by atoms with van der Waals surface area (Å²) in [4.78, 5) is 25.0. The van der Waals surface area contributed by atoms with Gasteiger partial charge in [-0.15, -0.1) is 0 Å². The maximum absolute atomic E-state index is 14.1. The first-order valence-electron chi connectivity index (χ1n) is 17.5. The zero-order valence-electron chi connectivity index (χ0n) is 28.7. The fraction of sp³-hybridized carbons (Fsp3) is 0.917. The van der Waals surface area contributed by atoms with Gasteiger partial charge in [-0.05, 0) is 103 Å². The lowest BCUT2D eigenvalue weighted by atomic mass is 9.33. The first kappa shape index (κ1) is 34.7. The summed E-state index contributed by atoms with van der Waals surface area (Å²) in [7, 11) is 0. The van der Waals surface area contributed by atoms with E-state index in [4.69, 9.17) is 14.5 Å². The Labute approximate surface area is 273 Å². The zero-order chi connectivity index (χ0) is 33.8. The van der Waals surface area contributed by atoms with Crippen LogP contribution in [0, 0.1) is 50.2 Å². The van der Waals surface area contributed by atoms with E-state index in [0.29, 0.717) is 31.1 Å². The number of hydrogen-bond donors (Lipinski definition) is 6. The number of allylic oxidation sites excluding steroid dienone is 2. The van der Waals surface area contributed by atoms with Crippen molar-refractivity contribution in [2.75, 3.05) is 6.61 Å². The number of fused-ring (bicyclic) bond motifs is 7. The van der Waals surface area contributed by atoms with Gasteiger partial charge < -0.3 is 35.4 Å². The van der Waals surface area contributed by atoms with Crippen molar-refractivity contribution in [3.63, 3.8) is 0 Å². The first-order valence-corrected chi connectivity index (χ1v) is 17.5. The summed E-state index contributed by atoms with van der Waals surface area (Å²) in [6.07, 6.45) is 0.642. The number of ether oxygens (including phenoxy) is 1. The molecule has 0 aromatic rings. The molecule has 6 aliphatic rings. The van der Waals surface area contributed by atoms with Crippen molar-refractivity contribution in [2.24, 2.45) is 50.2 Å². The summed E-state index contributed by atoms with van der Waals surface area (Å²) >= 11 is 0. The highest BCUT2D eigenvalue weighted by Crippen LogP contribution is 2.75. The molecule has 1 aliphatic heterocycles. The summed E-state index contributed by atoms with van der Waals surface area (Å²) in [5.74, 6) is 0.173. The minimum atomic E-state index is -1.70. The van der Waals surface area contributed by atoms with Gasteiger partial charge in [0.25, 0.3) is 0 Å². The average Bonchev–Trinajstić information content (AvgIpc) is 2.97. The quantitative estimate of drug-likeness (QED) is 0.151. The molecule has 0 bridgehead atoms. The molecule has 14 atom stereocenters. The minimum Gasteiger partial charge on any atom is -0.390 e. The number of aliphatic hydroxyl groups is 6. The van der Waals surface area contributed by atoms with Crippen LogP contribution >= 0.6 is 0 Å². The molecule has 1 saturated heterocycles. The van der Waals surface area contributed by atoms with Gasteiger partial charge in [0.2, 0.25) is 0 Å². The standard InChI is InChI=1S/C36H58O10/c1-31(2)12-14-36(30(43)46-44-18-22-25(38)26(39)27(40)29(42)45-22)15-13-34(6)19(20(36)16-31)8-9-24-33(5)17-21(37)28(41)32(3,4)23(33)10-11-35(24,34)7/h8,20-29,37-42H,9-18H2,1-7H3/t20-,21+,22+,23+,24+,25+,26-,27+,28-,29+,33+,34+,35-,36+/m0/s1. The lowest BCUT2D eigenvalue weighted by Crippen LogP contribution is -2.67. The Kier molecular flexibility index (Phi) is 8.46. The molecular formula is C36H58O10. The molecule has 0 aromatic heterocycles. The number of aliphatic hydroxyl groups excluding tert-OH is 6. The minimum absolute atomic E-state index is 0.0278. The molecule has 0 aromatic carbocycles. The Morgan fingerprint density at radius 3 is 2.22 bits per heavy atom. The van der Waals surface area contributed by atoms with E-state index < -0.39 is 60.9 Å². The predicted octanol–water partition coefficient (Wildman–Crippen LogP) is 3.39.